The number of hydrogen-bond donors (Lipinski definition) is 4. The number of carbonyl (C=O) groups is 6. The van der Waals surface area contributed by atoms with Crippen LogP contribution >= 0.6 is 64.8 Å². The molecule has 23 heteroatoms. The molecule has 2 spiro atoms. The second-order valence-corrected chi connectivity index (χ2v) is 26.9. The summed E-state index contributed by atoms with van der Waals surface area (Å²) in [6.07, 6.45) is 7.48. The summed E-state index contributed by atoms with van der Waals surface area (Å²) in [4.78, 5) is 84.8. The minimum atomic E-state index is -1.34. The first-order valence-corrected chi connectivity index (χ1v) is 28.6. The Morgan fingerprint density at radius 1 is 0.676 bits per heavy atom. The number of anilines is 1. The molecule has 3 aromatic rings. The molecule has 6 amide bonds. The van der Waals surface area contributed by atoms with Crippen LogP contribution in [0.5, 0.6) is 0 Å². The van der Waals surface area contributed by atoms with Gasteiger partial charge in [0, 0.05) is 75.8 Å². The fourth-order valence-corrected chi connectivity index (χ4v) is 23.3. The number of para-hydroxylation sites is 2. The number of allylic oxidation sites excluding steroid dienone is 2. The summed E-state index contributed by atoms with van der Waals surface area (Å²) in [5.41, 5.74) is 3.74. The first kappa shape index (κ1) is 45.2. The van der Waals surface area contributed by atoms with Crippen molar-refractivity contribution in [2.75, 3.05) is 46.7 Å². The molecule has 6 bridgehead atoms. The summed E-state index contributed by atoms with van der Waals surface area (Å²) >= 11 is 0. The lowest BCUT2D eigenvalue weighted by Crippen LogP contribution is -2.77. The van der Waals surface area contributed by atoms with Crippen molar-refractivity contribution in [2.45, 2.75) is 85.7 Å². The van der Waals surface area contributed by atoms with Crippen molar-refractivity contribution in [2.24, 2.45) is 0 Å². The topological polar surface area (TPSA) is 200 Å². The molecule has 2 aromatic carbocycles. The van der Waals surface area contributed by atoms with Crippen LogP contribution in [0, 0.1) is 0 Å². The van der Waals surface area contributed by atoms with Crippen LogP contribution in [0.15, 0.2) is 78.5 Å². The fraction of sp³-hybridized carbons (Fsp3) is 0.467. The van der Waals surface area contributed by atoms with Crippen molar-refractivity contribution in [3.05, 3.63) is 89.7 Å². The highest BCUT2D eigenvalue weighted by Crippen LogP contribution is 2.70. The highest BCUT2D eigenvalue weighted by molar-refractivity contribution is 8.79. The first-order valence-electron chi connectivity index (χ1n) is 22.1. The predicted octanol–water partition coefficient (Wildman–Crippen LogP) is 2.99. The van der Waals surface area contributed by atoms with Crippen LogP contribution in [-0.4, -0.2) is 174 Å². The summed E-state index contributed by atoms with van der Waals surface area (Å²) in [5.74, 6) is -1.13. The van der Waals surface area contributed by atoms with Crippen LogP contribution in [0.25, 0.3) is 10.9 Å². The highest BCUT2D eigenvalue weighted by atomic mass is 33.1. The molecule has 356 valence electrons. The largest absolute Gasteiger partial charge is 0.392 e. The molecule has 16 rings (SSSR count). The fourth-order valence-electron chi connectivity index (χ4n) is 12.3. The van der Waals surface area contributed by atoms with Gasteiger partial charge in [-0.1, -0.05) is 105 Å². The summed E-state index contributed by atoms with van der Waals surface area (Å²) in [5, 5.41) is 34.8. The normalized spacial score (nSPS) is 39.1. The predicted molar refractivity (Wildman–Crippen MR) is 264 cm³/mol. The minimum Gasteiger partial charge on any atom is -0.392 e. The molecule has 68 heavy (non-hydrogen) atoms. The lowest BCUT2D eigenvalue weighted by atomic mass is 9.86. The molecular formula is C45H46N8O9S6. The van der Waals surface area contributed by atoms with E-state index in [1.807, 2.05) is 60.4 Å². The highest BCUT2D eigenvalue weighted by Gasteiger charge is 2.79. The Hall–Kier alpha value is -3.94. The molecule has 4 N–H and O–H groups in total. The standard InChI is InChI=1S/C32H32N6O5S4.C13H14N2O4S2/c1-5-29-27(43)38-23-28(20-11-7-8-12-21(20)33-23,16-31(38,46-44-29)25(41)34(29)2)37-15-18(19-10-6-9-13-22(19)37)14-30-24(40)36(4)32(17-39,47-45-30)26(42)35(30)3;1-14-10(18)12-5-7-3-2-4-8(17)9(7)15(12)11(19)13(14,6-16)21-20-12/h6-13,15,23,33,39H,5,14,16-17H2,1-4H3;2-4,8-9,16-17H,5-6H2,1H3. The third kappa shape index (κ3) is 4.96. The van der Waals surface area contributed by atoms with Gasteiger partial charge in [0.1, 0.15) is 11.7 Å². The molecule has 10 atom stereocenters. The van der Waals surface area contributed by atoms with Gasteiger partial charge in [0.05, 0.1) is 25.4 Å². The maximum Gasteiger partial charge on any atom is 0.264 e. The molecule has 11 saturated heterocycles. The van der Waals surface area contributed by atoms with E-state index in [0.717, 1.165) is 33.3 Å². The second-order valence-electron chi connectivity index (χ2n) is 18.8. The van der Waals surface area contributed by atoms with Crippen molar-refractivity contribution < 1.29 is 44.1 Å². The molecule has 10 unspecified atom stereocenters. The van der Waals surface area contributed by atoms with Crippen LogP contribution in [0.2, 0.25) is 0 Å². The molecular weight excluding hydrogens is 989 g/mol. The number of rotatable bonds is 6. The Kier molecular flexibility index (Phi) is 9.70. The third-order valence-electron chi connectivity index (χ3n) is 16.1. The Morgan fingerprint density at radius 3 is 2.00 bits per heavy atom. The van der Waals surface area contributed by atoms with E-state index in [-0.39, 0.29) is 41.9 Å². The Bertz CT molecular complexity index is 2920. The quantitative estimate of drug-likeness (QED) is 0.263. The summed E-state index contributed by atoms with van der Waals surface area (Å²) in [7, 11) is 14.7. The monoisotopic (exact) mass is 1030 g/mol. The average molecular weight is 1040 g/mol. The van der Waals surface area contributed by atoms with Gasteiger partial charge < -0.3 is 49.7 Å². The van der Waals surface area contributed by atoms with E-state index >= 15 is 0 Å². The van der Waals surface area contributed by atoms with E-state index in [9.17, 15) is 44.1 Å². The number of aliphatic hydroxyl groups is 3. The van der Waals surface area contributed by atoms with Crippen molar-refractivity contribution in [3.63, 3.8) is 0 Å². The van der Waals surface area contributed by atoms with Gasteiger partial charge in [0.25, 0.3) is 35.4 Å². The molecule has 13 heterocycles. The number of nitrogens with one attached hydrogen (secondary N) is 1. The average Bonchev–Trinajstić information content (AvgIpc) is 4.07. The van der Waals surface area contributed by atoms with Crippen LogP contribution in [0.4, 0.5) is 5.69 Å². The molecule has 0 saturated carbocycles. The number of aliphatic hydroxyl groups excluding tert-OH is 3. The van der Waals surface area contributed by atoms with Gasteiger partial charge in [0.15, 0.2) is 19.5 Å². The van der Waals surface area contributed by atoms with E-state index in [1.165, 1.54) is 84.4 Å². The molecule has 11 fully saturated rings. The van der Waals surface area contributed by atoms with Crippen molar-refractivity contribution in [3.8, 4) is 0 Å². The van der Waals surface area contributed by atoms with Gasteiger partial charge in [-0.2, -0.15) is 0 Å². The second kappa shape index (κ2) is 14.6. The van der Waals surface area contributed by atoms with E-state index in [4.69, 9.17) is 0 Å². The number of hydrogen-bond acceptors (Lipinski definition) is 16. The number of nitrogens with zero attached hydrogens (tertiary/aromatic N) is 7. The summed E-state index contributed by atoms with van der Waals surface area (Å²) in [6.45, 7) is 1.05. The van der Waals surface area contributed by atoms with E-state index in [0.29, 0.717) is 19.3 Å². The lowest BCUT2D eigenvalue weighted by molar-refractivity contribution is -0.168. The number of likely N-dealkylation sites (N-methyl/N-ethyl adjacent to an activating group) is 4. The Balaban J connectivity index is 0.000000190. The number of aromatic nitrogens is 1. The first-order chi connectivity index (χ1) is 32.5. The number of carbonyl (C=O) groups excluding carboxylic acids is 6. The van der Waals surface area contributed by atoms with Gasteiger partial charge in [0.2, 0.25) is 9.74 Å². The Labute approximate surface area is 414 Å². The van der Waals surface area contributed by atoms with Crippen molar-refractivity contribution in [1.82, 2.24) is 34.0 Å². The maximum atomic E-state index is 14.6. The Morgan fingerprint density at radius 2 is 1.25 bits per heavy atom. The molecule has 1 aliphatic carbocycles. The number of amides is 6. The number of fused-ring (bicyclic) bond motifs is 12. The van der Waals surface area contributed by atoms with Crippen LogP contribution in [-0.2, 0) is 40.7 Å². The summed E-state index contributed by atoms with van der Waals surface area (Å²) < 4.78 is 2.22. The molecule has 12 aliphatic heterocycles. The van der Waals surface area contributed by atoms with Gasteiger partial charge in [-0.15, -0.1) is 0 Å². The van der Waals surface area contributed by atoms with Gasteiger partial charge in [-0.25, -0.2) is 0 Å². The number of piperazine rings is 3. The van der Waals surface area contributed by atoms with E-state index in [2.05, 4.69) is 22.1 Å². The van der Waals surface area contributed by atoms with E-state index < -0.39 is 66.3 Å². The molecule has 17 nitrogen and oxygen atoms in total. The van der Waals surface area contributed by atoms with Gasteiger partial charge in [-0.3, -0.25) is 33.7 Å². The zero-order valence-corrected chi connectivity index (χ0v) is 42.2. The lowest BCUT2D eigenvalue weighted by Gasteiger charge is -2.58. The minimum absolute atomic E-state index is 0.0624. The SMILES string of the molecule is CCC12SSC3(CC4(n5cc(CC67SSC(CO)(C(=O)N6C)N(C)C7=O)c6ccccc65)c5ccccc5NC4N3C1=O)C(=O)N2C.CN1C(=O)C23CC4=CC=CC(O)C4N2C(=O)C1(CO)SS3. The third-order valence-corrected chi connectivity index (χ3v) is 27.2. The van der Waals surface area contributed by atoms with Crippen LogP contribution < -0.4 is 5.32 Å². The van der Waals surface area contributed by atoms with Crippen molar-refractivity contribution in [1.29, 1.82) is 0 Å². The van der Waals surface area contributed by atoms with Gasteiger partial charge >= 0.3 is 0 Å². The zero-order chi connectivity index (χ0) is 47.9. The molecule has 1 aromatic heterocycles. The summed E-state index contributed by atoms with van der Waals surface area (Å²) in [6, 6.07) is 15.6. The smallest absolute Gasteiger partial charge is 0.264 e. The molecule has 13 aliphatic rings. The molecule has 0 radical (unpaired) electrons. The zero-order valence-electron chi connectivity index (χ0n) is 37.3. The van der Waals surface area contributed by atoms with Gasteiger partial charge in [-0.05, 0) is 51.3 Å². The number of benzene rings is 2. The van der Waals surface area contributed by atoms with Crippen molar-refractivity contribution >= 4 is 117 Å². The van der Waals surface area contributed by atoms with Crippen LogP contribution in [0.3, 0.4) is 0 Å². The van der Waals surface area contributed by atoms with E-state index in [1.54, 1.807) is 45.2 Å². The maximum absolute atomic E-state index is 14.6. The van der Waals surface area contributed by atoms with Crippen LogP contribution in [0.1, 0.15) is 37.3 Å².